The Kier molecular flexibility index (Phi) is 8.20. The van der Waals surface area contributed by atoms with E-state index in [1.54, 1.807) is 29.2 Å². The standard InChI is InChI=1S/C21H28N4O5/c26-19(22-14-18-5-4-12-29-18)15-30-17-8-6-16(7-9-17)13-23-24-20(27)21(28)25-10-2-1-3-11-25/h6-9,13,18H,1-5,10-12,14-15H2,(H,22,26)(H,24,27)/b23-13-/t18-/m1/s1. The molecule has 1 atom stereocenters. The third-order valence-corrected chi connectivity index (χ3v) is 5.02. The van der Waals surface area contributed by atoms with Gasteiger partial charge in [-0.3, -0.25) is 14.4 Å². The quantitative estimate of drug-likeness (QED) is 0.389. The molecule has 0 spiro atoms. The minimum atomic E-state index is -0.734. The molecule has 162 valence electrons. The molecule has 9 nitrogen and oxygen atoms in total. The fourth-order valence-corrected chi connectivity index (χ4v) is 3.34. The van der Waals surface area contributed by atoms with Gasteiger partial charge in [0.15, 0.2) is 6.61 Å². The van der Waals surface area contributed by atoms with Crippen LogP contribution in [0.25, 0.3) is 0 Å². The van der Waals surface area contributed by atoms with Gasteiger partial charge in [-0.1, -0.05) is 0 Å². The highest BCUT2D eigenvalue weighted by Crippen LogP contribution is 2.12. The molecule has 0 bridgehead atoms. The Balaban J connectivity index is 1.36. The van der Waals surface area contributed by atoms with E-state index in [0.29, 0.717) is 25.4 Å². The number of carbonyl (C=O) groups excluding carboxylic acids is 3. The molecule has 3 rings (SSSR count). The summed E-state index contributed by atoms with van der Waals surface area (Å²) in [6, 6.07) is 6.88. The lowest BCUT2D eigenvalue weighted by molar-refractivity contribution is -0.146. The molecule has 1 aromatic rings. The van der Waals surface area contributed by atoms with E-state index < -0.39 is 11.8 Å². The highest BCUT2D eigenvalue weighted by atomic mass is 16.5. The Hall–Kier alpha value is -2.94. The van der Waals surface area contributed by atoms with Crippen LogP contribution in [-0.2, 0) is 19.1 Å². The largest absolute Gasteiger partial charge is 0.484 e. The zero-order valence-electron chi connectivity index (χ0n) is 17.0. The summed E-state index contributed by atoms with van der Waals surface area (Å²) in [6.45, 7) is 2.41. The van der Waals surface area contributed by atoms with E-state index in [-0.39, 0.29) is 18.6 Å². The van der Waals surface area contributed by atoms with Crippen molar-refractivity contribution in [2.24, 2.45) is 5.10 Å². The van der Waals surface area contributed by atoms with E-state index in [9.17, 15) is 14.4 Å². The van der Waals surface area contributed by atoms with Gasteiger partial charge in [-0.2, -0.15) is 5.10 Å². The maximum atomic E-state index is 12.0. The highest BCUT2D eigenvalue weighted by molar-refractivity contribution is 6.35. The van der Waals surface area contributed by atoms with Crippen LogP contribution in [0.2, 0.25) is 0 Å². The van der Waals surface area contributed by atoms with Gasteiger partial charge in [-0.05, 0) is 61.9 Å². The number of amides is 3. The van der Waals surface area contributed by atoms with Gasteiger partial charge in [0.1, 0.15) is 5.75 Å². The summed E-state index contributed by atoms with van der Waals surface area (Å²) in [6.07, 6.45) is 6.48. The Morgan fingerprint density at radius 1 is 1.13 bits per heavy atom. The molecule has 2 heterocycles. The lowest BCUT2D eigenvalue weighted by atomic mass is 10.1. The van der Waals surface area contributed by atoms with Crippen LogP contribution < -0.4 is 15.5 Å². The summed E-state index contributed by atoms with van der Waals surface area (Å²) >= 11 is 0. The minimum absolute atomic E-state index is 0.0746. The van der Waals surface area contributed by atoms with Gasteiger partial charge in [0.25, 0.3) is 5.91 Å². The number of benzene rings is 1. The van der Waals surface area contributed by atoms with Crippen molar-refractivity contribution in [2.75, 3.05) is 32.8 Å². The molecule has 30 heavy (non-hydrogen) atoms. The first-order chi connectivity index (χ1) is 14.6. The fraction of sp³-hybridized carbons (Fsp3) is 0.524. The zero-order chi connectivity index (χ0) is 21.2. The van der Waals surface area contributed by atoms with Crippen LogP contribution >= 0.6 is 0 Å². The second kappa shape index (κ2) is 11.3. The number of piperidine rings is 1. The number of nitrogens with zero attached hydrogens (tertiary/aromatic N) is 2. The van der Waals surface area contributed by atoms with Crippen molar-refractivity contribution in [2.45, 2.75) is 38.2 Å². The Morgan fingerprint density at radius 2 is 1.90 bits per heavy atom. The number of hydrogen-bond acceptors (Lipinski definition) is 6. The molecule has 0 unspecified atom stereocenters. The normalized spacial score (nSPS) is 18.9. The van der Waals surface area contributed by atoms with Crippen LogP contribution in [0.1, 0.15) is 37.7 Å². The first kappa shape index (κ1) is 21.8. The highest BCUT2D eigenvalue weighted by Gasteiger charge is 2.22. The van der Waals surface area contributed by atoms with E-state index in [0.717, 1.165) is 44.3 Å². The first-order valence-corrected chi connectivity index (χ1v) is 10.4. The number of likely N-dealkylation sites (tertiary alicyclic amines) is 1. The van der Waals surface area contributed by atoms with Crippen molar-refractivity contribution in [1.29, 1.82) is 0 Å². The molecule has 3 amide bonds. The third kappa shape index (κ3) is 6.84. The topological polar surface area (TPSA) is 109 Å². The summed E-state index contributed by atoms with van der Waals surface area (Å²) in [4.78, 5) is 37.3. The van der Waals surface area contributed by atoms with Crippen LogP contribution in [0.5, 0.6) is 5.75 Å². The van der Waals surface area contributed by atoms with Crippen molar-refractivity contribution in [3.05, 3.63) is 29.8 Å². The van der Waals surface area contributed by atoms with Gasteiger partial charge in [0.2, 0.25) is 0 Å². The molecule has 0 saturated carbocycles. The summed E-state index contributed by atoms with van der Waals surface area (Å²) in [5.41, 5.74) is 2.98. The smallest absolute Gasteiger partial charge is 0.329 e. The molecule has 2 fully saturated rings. The van der Waals surface area contributed by atoms with E-state index in [2.05, 4.69) is 15.8 Å². The minimum Gasteiger partial charge on any atom is -0.484 e. The van der Waals surface area contributed by atoms with Gasteiger partial charge < -0.3 is 19.7 Å². The monoisotopic (exact) mass is 416 g/mol. The van der Waals surface area contributed by atoms with Crippen LogP contribution in [0.15, 0.2) is 29.4 Å². The summed E-state index contributed by atoms with van der Waals surface area (Å²) in [5.74, 6) is -0.934. The van der Waals surface area contributed by atoms with Gasteiger partial charge in [-0.15, -0.1) is 0 Å². The van der Waals surface area contributed by atoms with E-state index in [4.69, 9.17) is 9.47 Å². The van der Waals surface area contributed by atoms with Crippen LogP contribution in [0.4, 0.5) is 0 Å². The molecule has 2 aliphatic heterocycles. The van der Waals surface area contributed by atoms with E-state index >= 15 is 0 Å². The maximum Gasteiger partial charge on any atom is 0.329 e. The molecule has 2 aliphatic rings. The first-order valence-electron chi connectivity index (χ1n) is 10.4. The van der Waals surface area contributed by atoms with E-state index in [1.807, 2.05) is 0 Å². The second-order valence-corrected chi connectivity index (χ2v) is 7.35. The molecule has 2 N–H and O–H groups in total. The lowest BCUT2D eigenvalue weighted by Gasteiger charge is -2.25. The summed E-state index contributed by atoms with van der Waals surface area (Å²) in [7, 11) is 0. The Labute approximate surface area is 175 Å². The van der Waals surface area contributed by atoms with Crippen LogP contribution in [0, 0.1) is 0 Å². The maximum absolute atomic E-state index is 12.0. The van der Waals surface area contributed by atoms with Crippen molar-refractivity contribution >= 4 is 23.9 Å². The predicted octanol–water partition coefficient (Wildman–Crippen LogP) is 0.823. The van der Waals surface area contributed by atoms with Crippen molar-refractivity contribution < 1.29 is 23.9 Å². The number of hydrazone groups is 1. The molecular weight excluding hydrogens is 388 g/mol. The SMILES string of the molecule is O=C(COc1ccc(/C=N\NC(=O)C(=O)N2CCCCC2)cc1)NC[C@H]1CCCO1. The molecule has 0 aromatic heterocycles. The van der Waals surface area contributed by atoms with Gasteiger partial charge in [-0.25, -0.2) is 5.43 Å². The Bertz CT molecular complexity index is 753. The summed E-state index contributed by atoms with van der Waals surface area (Å²) in [5, 5.41) is 6.63. The second-order valence-electron chi connectivity index (χ2n) is 7.35. The molecule has 0 aliphatic carbocycles. The van der Waals surface area contributed by atoms with Gasteiger partial charge in [0, 0.05) is 26.2 Å². The van der Waals surface area contributed by atoms with Crippen molar-refractivity contribution in [1.82, 2.24) is 15.6 Å². The van der Waals surface area contributed by atoms with Gasteiger partial charge >= 0.3 is 11.8 Å². The van der Waals surface area contributed by atoms with E-state index in [1.165, 1.54) is 6.21 Å². The van der Waals surface area contributed by atoms with Crippen LogP contribution in [-0.4, -0.2) is 67.8 Å². The molecular formula is C21H28N4O5. The predicted molar refractivity (Wildman–Crippen MR) is 110 cm³/mol. The van der Waals surface area contributed by atoms with Gasteiger partial charge in [0.05, 0.1) is 12.3 Å². The van der Waals surface area contributed by atoms with Crippen LogP contribution in [0.3, 0.4) is 0 Å². The average molecular weight is 416 g/mol. The summed E-state index contributed by atoms with van der Waals surface area (Å²) < 4.78 is 10.9. The lowest BCUT2D eigenvalue weighted by Crippen LogP contribution is -2.43. The third-order valence-electron chi connectivity index (χ3n) is 5.02. The number of rotatable bonds is 7. The molecule has 9 heteroatoms. The zero-order valence-corrected chi connectivity index (χ0v) is 17.0. The fourth-order valence-electron chi connectivity index (χ4n) is 3.34. The molecule has 2 saturated heterocycles. The Morgan fingerprint density at radius 3 is 2.60 bits per heavy atom. The molecule has 1 aromatic carbocycles. The number of carbonyl (C=O) groups is 3. The number of hydrogen-bond donors (Lipinski definition) is 2. The number of nitrogens with one attached hydrogen (secondary N) is 2. The number of ether oxygens (including phenoxy) is 2. The van der Waals surface area contributed by atoms with Crippen molar-refractivity contribution in [3.8, 4) is 5.75 Å². The van der Waals surface area contributed by atoms with Crippen molar-refractivity contribution in [3.63, 3.8) is 0 Å². The molecule has 0 radical (unpaired) electrons. The average Bonchev–Trinajstić information content (AvgIpc) is 3.31.